The summed E-state index contributed by atoms with van der Waals surface area (Å²) in [6, 6.07) is 7.08. The molecule has 186 valence electrons. The Morgan fingerprint density at radius 2 is 1.68 bits per heavy atom. The van der Waals surface area contributed by atoms with Gasteiger partial charge in [0.15, 0.2) is 5.60 Å². The molecule has 0 aliphatic heterocycles. The van der Waals surface area contributed by atoms with E-state index in [1.54, 1.807) is 38.1 Å². The highest BCUT2D eigenvalue weighted by Gasteiger charge is 2.61. The van der Waals surface area contributed by atoms with Crippen LogP contribution in [0.25, 0.3) is 0 Å². The number of ketones is 1. The second-order valence-electron chi connectivity index (χ2n) is 12.5. The van der Waals surface area contributed by atoms with Crippen LogP contribution in [0.3, 0.4) is 0 Å². The first kappa shape index (κ1) is 24.2. The molecule has 0 spiro atoms. The fourth-order valence-corrected chi connectivity index (χ4v) is 8.43. The predicted octanol–water partition coefficient (Wildman–Crippen LogP) is 7.02. The molecule has 1 aromatic rings. The van der Waals surface area contributed by atoms with Gasteiger partial charge in [-0.1, -0.05) is 25.4 Å². The SMILES string of the molecule is CC(C)(Oc1ccc(Cl)cc1)C(=O)OC1CCC2C3CC[C@@H]4CC(=O)CC[C@@]4(C)C3CC[C@@]12C. The van der Waals surface area contributed by atoms with Crippen molar-refractivity contribution in [2.75, 3.05) is 0 Å². The van der Waals surface area contributed by atoms with Crippen LogP contribution in [0.4, 0.5) is 0 Å². The highest BCUT2D eigenvalue weighted by atomic mass is 35.5. The normalized spacial score (nSPS) is 39.6. The van der Waals surface area contributed by atoms with Crippen LogP contribution in [0.5, 0.6) is 5.75 Å². The van der Waals surface area contributed by atoms with Gasteiger partial charge >= 0.3 is 5.97 Å². The molecule has 0 radical (unpaired) electrons. The van der Waals surface area contributed by atoms with Crippen molar-refractivity contribution in [2.24, 2.45) is 34.5 Å². The minimum atomic E-state index is -1.07. The molecule has 0 amide bonds. The van der Waals surface area contributed by atoms with E-state index in [0.29, 0.717) is 45.6 Å². The summed E-state index contributed by atoms with van der Waals surface area (Å²) in [4.78, 5) is 25.4. The Balaban J connectivity index is 1.28. The summed E-state index contributed by atoms with van der Waals surface area (Å²) < 4.78 is 12.2. The smallest absolute Gasteiger partial charge is 0.350 e. The lowest BCUT2D eigenvalue weighted by atomic mass is 9.45. The Morgan fingerprint density at radius 3 is 2.41 bits per heavy atom. The second kappa shape index (κ2) is 8.54. The summed E-state index contributed by atoms with van der Waals surface area (Å²) in [5, 5.41) is 0.635. The number of Topliss-reactive ketones (excluding diaryl/α,β-unsaturated/α-hetero) is 1. The molecule has 0 aromatic heterocycles. The molecule has 0 saturated heterocycles. The molecule has 4 saturated carbocycles. The predicted molar refractivity (Wildman–Crippen MR) is 133 cm³/mol. The van der Waals surface area contributed by atoms with E-state index in [9.17, 15) is 9.59 Å². The molecule has 7 atom stereocenters. The summed E-state index contributed by atoms with van der Waals surface area (Å²) in [6.45, 7) is 8.40. The van der Waals surface area contributed by atoms with Crippen molar-refractivity contribution in [3.05, 3.63) is 29.3 Å². The van der Waals surface area contributed by atoms with Crippen molar-refractivity contribution in [3.8, 4) is 5.75 Å². The van der Waals surface area contributed by atoms with Crippen LogP contribution in [0, 0.1) is 34.5 Å². The Morgan fingerprint density at radius 1 is 0.971 bits per heavy atom. The number of rotatable bonds is 4. The van der Waals surface area contributed by atoms with Crippen LogP contribution in [-0.2, 0) is 14.3 Å². The van der Waals surface area contributed by atoms with Crippen molar-refractivity contribution >= 4 is 23.4 Å². The van der Waals surface area contributed by atoms with E-state index < -0.39 is 5.60 Å². The minimum Gasteiger partial charge on any atom is -0.476 e. The molecular formula is C29H39ClO4. The van der Waals surface area contributed by atoms with E-state index in [2.05, 4.69) is 13.8 Å². The van der Waals surface area contributed by atoms with Crippen molar-refractivity contribution in [2.45, 2.75) is 97.2 Å². The zero-order chi connectivity index (χ0) is 24.3. The lowest BCUT2D eigenvalue weighted by molar-refractivity contribution is -0.177. The van der Waals surface area contributed by atoms with E-state index in [0.717, 1.165) is 38.5 Å². The van der Waals surface area contributed by atoms with E-state index in [1.165, 1.54) is 19.3 Å². The van der Waals surface area contributed by atoms with Crippen molar-refractivity contribution < 1.29 is 19.1 Å². The quantitative estimate of drug-likeness (QED) is 0.429. The van der Waals surface area contributed by atoms with Gasteiger partial charge in [-0.05, 0) is 112 Å². The summed E-state index contributed by atoms with van der Waals surface area (Å²) in [7, 11) is 0. The number of carbonyl (C=O) groups is 2. The summed E-state index contributed by atoms with van der Waals surface area (Å²) in [5.74, 6) is 3.35. The zero-order valence-corrected chi connectivity index (χ0v) is 21.8. The highest BCUT2D eigenvalue weighted by molar-refractivity contribution is 6.30. The van der Waals surface area contributed by atoms with E-state index in [1.807, 2.05) is 0 Å². The van der Waals surface area contributed by atoms with Gasteiger partial charge in [0, 0.05) is 23.3 Å². The summed E-state index contributed by atoms with van der Waals surface area (Å²) in [5.41, 5.74) is -0.734. The van der Waals surface area contributed by atoms with Crippen molar-refractivity contribution in [3.63, 3.8) is 0 Å². The van der Waals surface area contributed by atoms with Gasteiger partial charge in [-0.15, -0.1) is 0 Å². The molecule has 0 heterocycles. The first-order valence-corrected chi connectivity index (χ1v) is 13.6. The monoisotopic (exact) mass is 486 g/mol. The molecule has 4 nitrogen and oxygen atoms in total. The van der Waals surface area contributed by atoms with Crippen molar-refractivity contribution in [1.82, 2.24) is 0 Å². The average Bonchev–Trinajstić information content (AvgIpc) is 3.12. The van der Waals surface area contributed by atoms with Gasteiger partial charge in [0.1, 0.15) is 17.6 Å². The van der Waals surface area contributed by atoms with Gasteiger partial charge in [-0.25, -0.2) is 4.79 Å². The molecule has 1 aromatic carbocycles. The number of hydrogen-bond donors (Lipinski definition) is 0. The van der Waals surface area contributed by atoms with Crippen LogP contribution >= 0.6 is 11.6 Å². The number of hydrogen-bond acceptors (Lipinski definition) is 4. The first-order chi connectivity index (χ1) is 16.0. The fraction of sp³-hybridized carbons (Fsp3) is 0.724. The molecular weight excluding hydrogens is 448 g/mol. The van der Waals surface area contributed by atoms with Crippen LogP contribution in [0.15, 0.2) is 24.3 Å². The number of benzene rings is 1. The van der Waals surface area contributed by atoms with E-state index in [4.69, 9.17) is 21.1 Å². The number of ether oxygens (including phenoxy) is 2. The maximum Gasteiger partial charge on any atom is 0.350 e. The molecule has 4 unspecified atom stereocenters. The maximum absolute atomic E-state index is 13.3. The largest absolute Gasteiger partial charge is 0.476 e. The van der Waals surface area contributed by atoms with Crippen molar-refractivity contribution in [1.29, 1.82) is 0 Å². The molecule has 5 heteroatoms. The Bertz CT molecular complexity index is 955. The number of esters is 1. The highest BCUT2D eigenvalue weighted by Crippen LogP contribution is 2.66. The Kier molecular flexibility index (Phi) is 6.06. The number of carbonyl (C=O) groups excluding carboxylic acids is 2. The van der Waals surface area contributed by atoms with E-state index in [-0.39, 0.29) is 17.5 Å². The average molecular weight is 487 g/mol. The second-order valence-corrected chi connectivity index (χ2v) is 12.9. The third kappa shape index (κ3) is 3.98. The molecule has 0 N–H and O–H groups in total. The number of fused-ring (bicyclic) bond motifs is 5. The van der Waals surface area contributed by atoms with Gasteiger partial charge in [0.25, 0.3) is 0 Å². The number of halogens is 1. The van der Waals surface area contributed by atoms with Crippen LogP contribution in [-0.4, -0.2) is 23.5 Å². The van der Waals surface area contributed by atoms with Gasteiger partial charge in [-0.2, -0.15) is 0 Å². The molecule has 4 aliphatic rings. The third-order valence-electron chi connectivity index (χ3n) is 10.3. The minimum absolute atomic E-state index is 0.0286. The standard InChI is InChI=1S/C29H39ClO4/c1-27(2,34-21-8-6-19(30)7-9-21)26(32)33-25-12-11-23-22-10-5-18-17-20(31)13-15-28(18,3)24(22)14-16-29(23,25)4/h6-9,18,22-25H,5,10-17H2,1-4H3/t18-,22?,23?,24?,25?,28-,29-/m1/s1. The van der Waals surface area contributed by atoms with Gasteiger partial charge in [0.2, 0.25) is 0 Å². The summed E-state index contributed by atoms with van der Waals surface area (Å²) in [6.07, 6.45) is 9.34. The lowest BCUT2D eigenvalue weighted by Gasteiger charge is -2.60. The molecule has 4 aliphatic carbocycles. The van der Waals surface area contributed by atoms with Gasteiger partial charge in [0.05, 0.1) is 0 Å². The Hall–Kier alpha value is -1.55. The molecule has 34 heavy (non-hydrogen) atoms. The van der Waals surface area contributed by atoms with Gasteiger partial charge in [-0.3, -0.25) is 4.79 Å². The van der Waals surface area contributed by atoms with Crippen LogP contribution in [0.2, 0.25) is 5.02 Å². The third-order valence-corrected chi connectivity index (χ3v) is 10.6. The lowest BCUT2D eigenvalue weighted by Crippen LogP contribution is -2.54. The Labute approximate surface area is 209 Å². The van der Waals surface area contributed by atoms with Crippen LogP contribution in [0.1, 0.15) is 85.5 Å². The summed E-state index contributed by atoms with van der Waals surface area (Å²) >= 11 is 5.98. The van der Waals surface area contributed by atoms with Crippen LogP contribution < -0.4 is 4.74 Å². The molecule has 0 bridgehead atoms. The zero-order valence-electron chi connectivity index (χ0n) is 21.1. The van der Waals surface area contributed by atoms with Gasteiger partial charge < -0.3 is 9.47 Å². The maximum atomic E-state index is 13.3. The topological polar surface area (TPSA) is 52.6 Å². The molecule has 5 rings (SSSR count). The van der Waals surface area contributed by atoms with E-state index >= 15 is 0 Å². The molecule has 4 fully saturated rings. The first-order valence-electron chi connectivity index (χ1n) is 13.2. The fourth-order valence-electron chi connectivity index (χ4n) is 8.30.